The Morgan fingerprint density at radius 1 is 1.40 bits per heavy atom. The van der Waals surface area contributed by atoms with Gasteiger partial charge in [0.05, 0.1) is 12.4 Å². The number of rotatable bonds is 2. The summed E-state index contributed by atoms with van der Waals surface area (Å²) >= 11 is 0. The number of aliphatic hydroxyl groups excluding tert-OH is 2. The van der Waals surface area contributed by atoms with Crippen LogP contribution in [0.1, 0.15) is 19.6 Å². The molecule has 108 valence electrons. The van der Waals surface area contributed by atoms with Crippen LogP contribution in [0.2, 0.25) is 0 Å². The zero-order chi connectivity index (χ0) is 14.4. The highest BCUT2D eigenvalue weighted by atomic mass is 19.1. The predicted octanol–water partition coefficient (Wildman–Crippen LogP) is -0.423. The average molecular weight is 283 g/mol. The van der Waals surface area contributed by atoms with Gasteiger partial charge in [0.2, 0.25) is 0 Å². The third-order valence-electron chi connectivity index (χ3n) is 3.43. The first-order valence-electron chi connectivity index (χ1n) is 6.20. The number of imidazole rings is 1. The van der Waals surface area contributed by atoms with E-state index in [0.717, 1.165) is 0 Å². The number of nitrogen functional groups attached to an aromatic ring is 1. The Kier molecular flexibility index (Phi) is 3.04. The zero-order valence-electron chi connectivity index (χ0n) is 10.6. The monoisotopic (exact) mass is 283 g/mol. The molecule has 20 heavy (non-hydrogen) atoms. The molecule has 1 saturated heterocycles. The fourth-order valence-corrected chi connectivity index (χ4v) is 2.39. The first-order valence-corrected chi connectivity index (χ1v) is 6.20. The number of aliphatic hydroxyl groups is 2. The Morgan fingerprint density at radius 2 is 2.15 bits per heavy atom. The number of ether oxygens (including phenoxy) is 1. The molecule has 0 spiro atoms. The van der Waals surface area contributed by atoms with Gasteiger partial charge in [-0.15, -0.1) is 0 Å². The van der Waals surface area contributed by atoms with Gasteiger partial charge in [-0.25, -0.2) is 4.98 Å². The van der Waals surface area contributed by atoms with E-state index in [1.807, 2.05) is 6.92 Å². The lowest BCUT2D eigenvalue weighted by atomic mass is 10.1. The number of fused-ring (bicyclic) bond motifs is 1. The van der Waals surface area contributed by atoms with Crippen LogP contribution in [-0.4, -0.2) is 48.0 Å². The van der Waals surface area contributed by atoms with Gasteiger partial charge in [0.1, 0.15) is 12.2 Å². The van der Waals surface area contributed by atoms with E-state index in [9.17, 15) is 14.6 Å². The van der Waals surface area contributed by atoms with Gasteiger partial charge in [0, 0.05) is 0 Å². The lowest BCUT2D eigenvalue weighted by Gasteiger charge is -2.16. The highest BCUT2D eigenvalue weighted by Gasteiger charge is 2.43. The molecule has 1 fully saturated rings. The Labute approximate surface area is 113 Å². The van der Waals surface area contributed by atoms with E-state index in [0.29, 0.717) is 6.42 Å². The van der Waals surface area contributed by atoms with Crippen LogP contribution >= 0.6 is 0 Å². The second kappa shape index (κ2) is 4.62. The lowest BCUT2D eigenvalue weighted by Crippen LogP contribution is -2.31. The van der Waals surface area contributed by atoms with E-state index in [1.165, 1.54) is 10.9 Å². The van der Waals surface area contributed by atoms with Gasteiger partial charge in [-0.05, 0) is 6.42 Å². The summed E-state index contributed by atoms with van der Waals surface area (Å²) in [7, 11) is 0. The second-order valence-corrected chi connectivity index (χ2v) is 4.66. The molecule has 2 aromatic heterocycles. The van der Waals surface area contributed by atoms with E-state index in [4.69, 9.17) is 10.5 Å². The molecule has 1 aliphatic heterocycles. The van der Waals surface area contributed by atoms with Crippen LogP contribution in [-0.2, 0) is 4.74 Å². The summed E-state index contributed by atoms with van der Waals surface area (Å²) in [6.07, 6.45) is -2.70. The van der Waals surface area contributed by atoms with Gasteiger partial charge in [-0.3, -0.25) is 4.57 Å². The topological polar surface area (TPSA) is 119 Å². The maximum atomic E-state index is 13.3. The predicted molar refractivity (Wildman–Crippen MR) is 65.9 cm³/mol. The van der Waals surface area contributed by atoms with Crippen LogP contribution in [0.4, 0.5) is 10.2 Å². The van der Waals surface area contributed by atoms with E-state index in [1.54, 1.807) is 0 Å². The number of hydrogen-bond acceptors (Lipinski definition) is 7. The molecule has 9 heteroatoms. The zero-order valence-corrected chi connectivity index (χ0v) is 10.6. The van der Waals surface area contributed by atoms with E-state index < -0.39 is 30.6 Å². The van der Waals surface area contributed by atoms with Crippen molar-refractivity contribution in [3.8, 4) is 0 Å². The van der Waals surface area contributed by atoms with Crippen LogP contribution in [0.25, 0.3) is 11.2 Å². The number of nitrogens with zero attached hydrogens (tertiary/aromatic N) is 4. The Balaban J connectivity index is 2.07. The van der Waals surface area contributed by atoms with Gasteiger partial charge in [-0.2, -0.15) is 14.4 Å². The van der Waals surface area contributed by atoms with E-state index in [-0.39, 0.29) is 17.0 Å². The number of halogens is 1. The van der Waals surface area contributed by atoms with Crippen molar-refractivity contribution in [2.45, 2.75) is 37.9 Å². The SMILES string of the molecule is CC[C@H]1O[C@@H](n2cnc3c(N)nc(F)nc32)[C@H](O)C1O. The first kappa shape index (κ1) is 13.2. The summed E-state index contributed by atoms with van der Waals surface area (Å²) in [6.45, 7) is 1.83. The van der Waals surface area contributed by atoms with E-state index >= 15 is 0 Å². The van der Waals surface area contributed by atoms with Crippen molar-refractivity contribution in [1.82, 2.24) is 19.5 Å². The fourth-order valence-electron chi connectivity index (χ4n) is 2.39. The molecule has 3 rings (SSSR count). The van der Waals surface area contributed by atoms with Gasteiger partial charge < -0.3 is 20.7 Å². The summed E-state index contributed by atoms with van der Waals surface area (Å²) < 4.78 is 20.2. The summed E-state index contributed by atoms with van der Waals surface area (Å²) in [5.41, 5.74) is 5.90. The van der Waals surface area contributed by atoms with Gasteiger partial charge in [-0.1, -0.05) is 6.92 Å². The summed E-state index contributed by atoms with van der Waals surface area (Å²) in [5, 5.41) is 19.9. The van der Waals surface area contributed by atoms with Crippen molar-refractivity contribution in [2.24, 2.45) is 0 Å². The van der Waals surface area contributed by atoms with Crippen molar-refractivity contribution in [3.63, 3.8) is 0 Å². The van der Waals surface area contributed by atoms with Crippen LogP contribution in [0.3, 0.4) is 0 Å². The molecular formula is C11H14FN5O3. The Hall–Kier alpha value is -1.84. The summed E-state index contributed by atoms with van der Waals surface area (Å²) in [5.74, 6) is -0.0914. The van der Waals surface area contributed by atoms with Crippen LogP contribution < -0.4 is 5.73 Å². The third kappa shape index (κ3) is 1.82. The molecule has 4 atom stereocenters. The first-order chi connectivity index (χ1) is 9.52. The summed E-state index contributed by atoms with van der Waals surface area (Å²) in [6, 6.07) is 0. The largest absolute Gasteiger partial charge is 0.388 e. The highest BCUT2D eigenvalue weighted by Crippen LogP contribution is 2.33. The Morgan fingerprint density at radius 3 is 2.80 bits per heavy atom. The fraction of sp³-hybridized carbons (Fsp3) is 0.545. The molecule has 0 bridgehead atoms. The molecule has 0 aromatic carbocycles. The Bertz CT molecular complexity index is 648. The maximum Gasteiger partial charge on any atom is 0.312 e. The number of nitrogens with two attached hydrogens (primary N) is 1. The molecule has 1 unspecified atom stereocenters. The number of hydrogen-bond donors (Lipinski definition) is 3. The molecule has 8 nitrogen and oxygen atoms in total. The van der Waals surface area contributed by atoms with Crippen LogP contribution in [0.5, 0.6) is 0 Å². The molecule has 4 N–H and O–H groups in total. The minimum Gasteiger partial charge on any atom is -0.388 e. The van der Waals surface area contributed by atoms with Crippen molar-refractivity contribution in [3.05, 3.63) is 12.4 Å². The standard InChI is InChI=1S/C11H14FN5O3/c1-2-4-6(18)7(19)10(20-4)17-3-14-5-8(13)15-11(12)16-9(5)17/h3-4,6-7,10,18-19H,2H2,1H3,(H2,13,15,16)/t4-,6?,7-,10-/m1/s1. The number of aromatic nitrogens is 4. The minimum atomic E-state index is -1.16. The molecule has 1 aliphatic rings. The molecule has 0 radical (unpaired) electrons. The van der Waals surface area contributed by atoms with Crippen molar-refractivity contribution in [2.75, 3.05) is 5.73 Å². The molecule has 0 amide bonds. The molecular weight excluding hydrogens is 269 g/mol. The van der Waals surface area contributed by atoms with Crippen molar-refractivity contribution < 1.29 is 19.3 Å². The average Bonchev–Trinajstić information content (AvgIpc) is 2.93. The van der Waals surface area contributed by atoms with Gasteiger partial charge >= 0.3 is 6.08 Å². The van der Waals surface area contributed by atoms with Crippen molar-refractivity contribution >= 4 is 17.0 Å². The van der Waals surface area contributed by atoms with Gasteiger partial charge in [0.15, 0.2) is 23.2 Å². The maximum absolute atomic E-state index is 13.3. The molecule has 0 saturated carbocycles. The lowest BCUT2D eigenvalue weighted by molar-refractivity contribution is -0.0356. The van der Waals surface area contributed by atoms with Gasteiger partial charge in [0.25, 0.3) is 0 Å². The second-order valence-electron chi connectivity index (χ2n) is 4.66. The third-order valence-corrected chi connectivity index (χ3v) is 3.43. The quantitative estimate of drug-likeness (QED) is 0.640. The van der Waals surface area contributed by atoms with E-state index in [2.05, 4.69) is 15.0 Å². The molecule has 2 aromatic rings. The smallest absolute Gasteiger partial charge is 0.312 e. The molecule has 0 aliphatic carbocycles. The number of anilines is 1. The van der Waals surface area contributed by atoms with Crippen LogP contribution in [0.15, 0.2) is 6.33 Å². The normalized spacial score (nSPS) is 30.2. The van der Waals surface area contributed by atoms with Crippen LogP contribution in [0, 0.1) is 6.08 Å². The summed E-state index contributed by atoms with van der Waals surface area (Å²) in [4.78, 5) is 11.0. The van der Waals surface area contributed by atoms with Crippen molar-refractivity contribution in [1.29, 1.82) is 0 Å². The minimum absolute atomic E-state index is 0.0914. The highest BCUT2D eigenvalue weighted by molar-refractivity contribution is 5.81. The molecule has 3 heterocycles.